The summed E-state index contributed by atoms with van der Waals surface area (Å²) in [5.41, 5.74) is 1.52. The lowest BCUT2D eigenvalue weighted by Gasteiger charge is -2.10. The lowest BCUT2D eigenvalue weighted by Crippen LogP contribution is -2.21. The number of alkyl halides is 3. The van der Waals surface area contributed by atoms with E-state index in [-0.39, 0.29) is 21.0 Å². The number of rotatable bonds is 6. The van der Waals surface area contributed by atoms with Crippen molar-refractivity contribution in [2.45, 2.75) is 10.4 Å². The van der Waals surface area contributed by atoms with Crippen LogP contribution in [0.3, 0.4) is 0 Å². The molecule has 0 fully saturated rings. The van der Waals surface area contributed by atoms with Gasteiger partial charge >= 0.3 is 6.18 Å². The molecule has 0 saturated heterocycles. The molecule has 1 aromatic heterocycles. The van der Waals surface area contributed by atoms with Crippen LogP contribution in [-0.4, -0.2) is 20.5 Å². The summed E-state index contributed by atoms with van der Waals surface area (Å²) < 4.78 is 65.5. The molecule has 0 aliphatic rings. The highest BCUT2D eigenvalue weighted by Crippen LogP contribution is 2.29. The lowest BCUT2D eigenvalue weighted by molar-refractivity contribution is -0.137. The molecule has 1 amide bonds. The third-order valence-electron chi connectivity index (χ3n) is 3.77. The molecule has 0 spiro atoms. The third kappa shape index (κ3) is 5.24. The van der Waals surface area contributed by atoms with Gasteiger partial charge in [-0.15, -0.1) is 11.3 Å². The average molecular weight is 453 g/mol. The monoisotopic (exact) mass is 453 g/mol. The van der Waals surface area contributed by atoms with Gasteiger partial charge in [0.25, 0.3) is 15.9 Å². The zero-order chi connectivity index (χ0) is 21.8. The smallest absolute Gasteiger partial charge is 0.278 e. The molecule has 0 saturated carbocycles. The molecule has 11 heteroatoms. The molecule has 2 N–H and O–H groups in total. The van der Waals surface area contributed by atoms with Crippen molar-refractivity contribution in [1.82, 2.24) is 5.43 Å². The van der Waals surface area contributed by atoms with Crippen molar-refractivity contribution in [3.8, 4) is 0 Å². The molecule has 0 aliphatic heterocycles. The van der Waals surface area contributed by atoms with E-state index in [1.165, 1.54) is 36.4 Å². The zero-order valence-corrected chi connectivity index (χ0v) is 16.7. The molecule has 0 bridgehead atoms. The fourth-order valence-electron chi connectivity index (χ4n) is 2.40. The Bertz CT molecular complexity index is 1170. The number of hydrogen-bond acceptors (Lipinski definition) is 5. The van der Waals surface area contributed by atoms with Gasteiger partial charge < -0.3 is 0 Å². The molecule has 30 heavy (non-hydrogen) atoms. The summed E-state index contributed by atoms with van der Waals surface area (Å²) in [5, 5.41) is 5.27. The quantitative estimate of drug-likeness (QED) is 0.430. The van der Waals surface area contributed by atoms with Crippen LogP contribution < -0.4 is 10.1 Å². The van der Waals surface area contributed by atoms with Crippen LogP contribution in [0, 0.1) is 0 Å². The van der Waals surface area contributed by atoms with E-state index in [1.807, 2.05) is 0 Å². The van der Waals surface area contributed by atoms with Crippen molar-refractivity contribution in [1.29, 1.82) is 0 Å². The van der Waals surface area contributed by atoms with E-state index in [9.17, 15) is 26.4 Å². The van der Waals surface area contributed by atoms with Gasteiger partial charge in [0.15, 0.2) is 0 Å². The maximum Gasteiger partial charge on any atom is 0.416 e. The summed E-state index contributed by atoms with van der Waals surface area (Å²) in [5.74, 6) is -0.734. The van der Waals surface area contributed by atoms with Crippen LogP contribution >= 0.6 is 11.3 Å². The minimum absolute atomic E-state index is 0.00109. The van der Waals surface area contributed by atoms with Gasteiger partial charge in [-0.2, -0.15) is 18.3 Å². The number of benzene rings is 2. The van der Waals surface area contributed by atoms with Crippen LogP contribution in [0.2, 0.25) is 0 Å². The van der Waals surface area contributed by atoms with E-state index < -0.39 is 27.7 Å². The van der Waals surface area contributed by atoms with Gasteiger partial charge in [-0.25, -0.2) is 13.8 Å². The number of amides is 1. The highest BCUT2D eigenvalue weighted by Gasteiger charge is 2.30. The van der Waals surface area contributed by atoms with E-state index >= 15 is 0 Å². The Morgan fingerprint density at radius 1 is 1.03 bits per heavy atom. The van der Waals surface area contributed by atoms with Crippen LogP contribution in [-0.2, 0) is 16.2 Å². The Hall–Kier alpha value is -3.18. The topological polar surface area (TPSA) is 87.6 Å². The van der Waals surface area contributed by atoms with Crippen LogP contribution in [0.5, 0.6) is 0 Å². The standard InChI is InChI=1S/C19H14F3N3O3S2/c20-19(21,22)14-6-3-5-13(11-14)12-23-24-18(26)15-7-1-2-8-16(15)25-30(27,28)17-9-4-10-29-17/h1-12,25H,(H,24,26). The molecule has 0 unspecified atom stereocenters. The van der Waals surface area contributed by atoms with Crippen LogP contribution in [0.25, 0.3) is 0 Å². The summed E-state index contributed by atoms with van der Waals surface area (Å²) in [6.45, 7) is 0. The van der Waals surface area contributed by atoms with Crippen molar-refractivity contribution in [2.75, 3.05) is 4.72 Å². The van der Waals surface area contributed by atoms with Crippen LogP contribution in [0.15, 0.2) is 75.4 Å². The number of nitrogens with zero attached hydrogens (tertiary/aromatic N) is 1. The number of halogens is 3. The first-order chi connectivity index (χ1) is 14.2. The number of carbonyl (C=O) groups excluding carboxylic acids is 1. The van der Waals surface area contributed by atoms with Crippen molar-refractivity contribution in [3.05, 3.63) is 82.7 Å². The fraction of sp³-hybridized carbons (Fsp3) is 0.0526. The van der Waals surface area contributed by atoms with Gasteiger partial charge in [0.1, 0.15) is 4.21 Å². The van der Waals surface area contributed by atoms with Gasteiger partial charge in [-0.05, 0) is 41.3 Å². The number of para-hydroxylation sites is 1. The van der Waals surface area contributed by atoms with Crippen molar-refractivity contribution in [3.63, 3.8) is 0 Å². The zero-order valence-electron chi connectivity index (χ0n) is 15.1. The Balaban J connectivity index is 1.75. The maximum absolute atomic E-state index is 12.8. The first kappa shape index (κ1) is 21.5. The second kappa shape index (κ2) is 8.67. The predicted octanol–water partition coefficient (Wildman–Crippen LogP) is 4.33. The Kier molecular flexibility index (Phi) is 6.22. The number of nitrogens with one attached hydrogen (secondary N) is 2. The molecular formula is C19H14F3N3O3S2. The minimum Gasteiger partial charge on any atom is -0.278 e. The first-order valence-electron chi connectivity index (χ1n) is 8.33. The van der Waals surface area contributed by atoms with Gasteiger partial charge in [0.05, 0.1) is 23.0 Å². The summed E-state index contributed by atoms with van der Waals surface area (Å²) in [7, 11) is -3.86. The molecule has 3 aromatic rings. The average Bonchev–Trinajstić information content (AvgIpc) is 3.23. The van der Waals surface area contributed by atoms with E-state index in [0.29, 0.717) is 0 Å². The summed E-state index contributed by atoms with van der Waals surface area (Å²) in [6.07, 6.45) is -3.43. The highest BCUT2D eigenvalue weighted by atomic mass is 32.2. The molecule has 3 rings (SSSR count). The normalized spacial score (nSPS) is 12.1. The van der Waals surface area contributed by atoms with Gasteiger partial charge in [-0.3, -0.25) is 9.52 Å². The number of carbonyl (C=O) groups is 1. The molecular weight excluding hydrogens is 439 g/mol. The summed E-state index contributed by atoms with van der Waals surface area (Å²) in [4.78, 5) is 12.4. The second-order valence-corrected chi connectivity index (χ2v) is 8.76. The minimum atomic E-state index is -4.49. The first-order valence-corrected chi connectivity index (χ1v) is 10.7. The van der Waals surface area contributed by atoms with E-state index in [4.69, 9.17) is 0 Å². The van der Waals surface area contributed by atoms with Gasteiger partial charge in [0.2, 0.25) is 0 Å². The number of hydrogen-bond donors (Lipinski definition) is 2. The van der Waals surface area contributed by atoms with Crippen LogP contribution in [0.4, 0.5) is 18.9 Å². The summed E-state index contributed by atoms with van der Waals surface area (Å²) >= 11 is 1.02. The largest absolute Gasteiger partial charge is 0.416 e. The molecule has 0 atom stereocenters. The lowest BCUT2D eigenvalue weighted by atomic mass is 10.1. The second-order valence-electron chi connectivity index (χ2n) is 5.91. The van der Waals surface area contributed by atoms with Crippen molar-refractivity contribution < 1.29 is 26.4 Å². The van der Waals surface area contributed by atoms with E-state index in [2.05, 4.69) is 15.2 Å². The SMILES string of the molecule is O=C(NN=Cc1cccc(C(F)(F)F)c1)c1ccccc1NS(=O)(=O)c1cccs1. The molecule has 2 aromatic carbocycles. The van der Waals surface area contributed by atoms with Crippen molar-refractivity contribution in [2.24, 2.45) is 5.10 Å². The Labute approximate surface area is 174 Å². The maximum atomic E-state index is 12.8. The van der Waals surface area contributed by atoms with Gasteiger partial charge in [-0.1, -0.05) is 30.3 Å². The number of anilines is 1. The highest BCUT2D eigenvalue weighted by molar-refractivity contribution is 7.94. The van der Waals surface area contributed by atoms with Gasteiger partial charge in [0, 0.05) is 0 Å². The van der Waals surface area contributed by atoms with E-state index in [1.54, 1.807) is 17.5 Å². The summed E-state index contributed by atoms with van der Waals surface area (Å²) in [6, 6.07) is 13.3. The third-order valence-corrected chi connectivity index (χ3v) is 6.53. The molecule has 156 valence electrons. The van der Waals surface area contributed by atoms with E-state index in [0.717, 1.165) is 29.7 Å². The van der Waals surface area contributed by atoms with Crippen molar-refractivity contribution >= 4 is 39.2 Å². The number of thiophene rings is 1. The molecule has 1 heterocycles. The molecule has 0 aliphatic carbocycles. The number of hydrazone groups is 1. The molecule has 0 radical (unpaired) electrons. The predicted molar refractivity (Wildman–Crippen MR) is 108 cm³/mol. The number of sulfonamides is 1. The Morgan fingerprint density at radius 3 is 2.50 bits per heavy atom. The molecule has 6 nitrogen and oxygen atoms in total. The van der Waals surface area contributed by atoms with Crippen LogP contribution in [0.1, 0.15) is 21.5 Å². The fourth-order valence-corrected chi connectivity index (χ4v) is 4.48. The Morgan fingerprint density at radius 2 is 1.80 bits per heavy atom.